The molecule has 1 aromatic carbocycles. The van der Waals surface area contributed by atoms with Gasteiger partial charge in [-0.2, -0.15) is 4.31 Å². The number of hydrogen-bond donors (Lipinski definition) is 1. The minimum absolute atomic E-state index is 0.0213. The smallest absolute Gasteiger partial charge is 0.339 e. The minimum atomic E-state index is -3.72. The maximum absolute atomic E-state index is 13.0. The van der Waals surface area contributed by atoms with E-state index in [2.05, 4.69) is 5.32 Å². The predicted molar refractivity (Wildman–Crippen MR) is 83.4 cm³/mol. The summed E-state index contributed by atoms with van der Waals surface area (Å²) < 4.78 is 32.1. The van der Waals surface area contributed by atoms with Gasteiger partial charge < -0.3 is 10.1 Å². The molecule has 0 bridgehead atoms. The minimum Gasteiger partial charge on any atom is -0.465 e. The largest absolute Gasteiger partial charge is 0.465 e. The van der Waals surface area contributed by atoms with Crippen LogP contribution in [0, 0.1) is 6.92 Å². The summed E-state index contributed by atoms with van der Waals surface area (Å²) in [5.74, 6) is -0.633. The van der Waals surface area contributed by atoms with Crippen LogP contribution in [0.15, 0.2) is 23.1 Å². The van der Waals surface area contributed by atoms with E-state index >= 15 is 0 Å². The average molecular weight is 326 g/mol. The maximum atomic E-state index is 13.0. The lowest BCUT2D eigenvalue weighted by atomic mass is 10.1. The van der Waals surface area contributed by atoms with Crippen LogP contribution >= 0.6 is 0 Å². The van der Waals surface area contributed by atoms with Gasteiger partial charge in [0, 0.05) is 19.1 Å². The fourth-order valence-corrected chi connectivity index (χ4v) is 4.68. The monoisotopic (exact) mass is 326 g/mol. The first kappa shape index (κ1) is 16.9. The average Bonchev–Trinajstić information content (AvgIpc) is 2.95. The van der Waals surface area contributed by atoms with Crippen LogP contribution in [0.3, 0.4) is 0 Å². The fraction of sp³-hybridized carbons (Fsp3) is 0.533. The number of carbonyl (C=O) groups excluding carboxylic acids is 1. The third-order valence-corrected chi connectivity index (χ3v) is 5.90. The van der Waals surface area contributed by atoms with Crippen molar-refractivity contribution < 1.29 is 17.9 Å². The summed E-state index contributed by atoms with van der Waals surface area (Å²) in [6, 6.07) is 4.66. The van der Waals surface area contributed by atoms with Crippen molar-refractivity contribution in [3.63, 3.8) is 0 Å². The molecule has 7 heteroatoms. The summed E-state index contributed by atoms with van der Waals surface area (Å²) in [7, 11) is -0.669. The number of likely N-dealkylation sites (N-methyl/N-ethyl adjacent to an activating group) is 1. The Kier molecular flexibility index (Phi) is 5.20. The Morgan fingerprint density at radius 2 is 2.18 bits per heavy atom. The van der Waals surface area contributed by atoms with Crippen LogP contribution in [-0.4, -0.2) is 52.0 Å². The Labute approximate surface area is 131 Å². The highest BCUT2D eigenvalue weighted by Gasteiger charge is 2.37. The van der Waals surface area contributed by atoms with Gasteiger partial charge in [-0.25, -0.2) is 13.2 Å². The zero-order valence-corrected chi connectivity index (χ0v) is 13.9. The quantitative estimate of drug-likeness (QED) is 0.822. The number of sulfonamides is 1. The number of carbonyl (C=O) groups is 1. The molecule has 1 aliphatic rings. The lowest BCUT2D eigenvalue weighted by molar-refractivity contribution is 0.0596. The molecule has 1 heterocycles. The molecule has 0 spiro atoms. The van der Waals surface area contributed by atoms with Gasteiger partial charge in [0.05, 0.1) is 17.6 Å². The third kappa shape index (κ3) is 3.16. The van der Waals surface area contributed by atoms with Gasteiger partial charge in [-0.05, 0) is 38.9 Å². The van der Waals surface area contributed by atoms with E-state index in [9.17, 15) is 13.2 Å². The molecule has 1 unspecified atom stereocenters. The molecule has 0 amide bonds. The second-order valence-corrected chi connectivity index (χ2v) is 7.32. The van der Waals surface area contributed by atoms with Crippen LogP contribution in [-0.2, 0) is 14.8 Å². The van der Waals surface area contributed by atoms with Crippen molar-refractivity contribution in [2.75, 3.05) is 27.2 Å². The van der Waals surface area contributed by atoms with Gasteiger partial charge in [0.25, 0.3) is 0 Å². The molecule has 0 saturated carbocycles. The number of aryl methyl sites for hydroxylation is 1. The lowest BCUT2D eigenvalue weighted by Crippen LogP contribution is -2.41. The molecule has 1 N–H and O–H groups in total. The number of rotatable bonds is 5. The second-order valence-electron chi connectivity index (χ2n) is 5.46. The summed E-state index contributed by atoms with van der Waals surface area (Å²) in [6.07, 6.45) is 1.64. The van der Waals surface area contributed by atoms with E-state index in [1.807, 2.05) is 6.92 Å². The second kappa shape index (κ2) is 6.76. The number of hydrogen-bond acceptors (Lipinski definition) is 5. The zero-order chi connectivity index (χ0) is 16.3. The van der Waals surface area contributed by atoms with E-state index in [4.69, 9.17) is 4.74 Å². The Bertz CT molecular complexity index is 658. The van der Waals surface area contributed by atoms with E-state index in [0.717, 1.165) is 18.4 Å². The predicted octanol–water partition coefficient (Wildman–Crippen LogP) is 1.15. The number of nitrogens with zero attached hydrogens (tertiary/aromatic N) is 1. The van der Waals surface area contributed by atoms with E-state index in [1.165, 1.54) is 17.5 Å². The molecule has 0 radical (unpaired) electrons. The molecule has 1 atom stereocenters. The molecule has 1 aliphatic heterocycles. The molecule has 1 saturated heterocycles. The first-order chi connectivity index (χ1) is 10.4. The van der Waals surface area contributed by atoms with Crippen LogP contribution in [0.5, 0.6) is 0 Å². The molecule has 0 aromatic heterocycles. The standard InChI is InChI=1S/C15H22N2O4S/c1-11-6-7-14(13(9-11)15(18)21-3)22(19,20)17-8-4-5-12(17)10-16-2/h6-7,9,12,16H,4-5,8,10H2,1-3H3. The Morgan fingerprint density at radius 1 is 1.45 bits per heavy atom. The van der Waals surface area contributed by atoms with Crippen molar-refractivity contribution in [3.8, 4) is 0 Å². The number of methoxy groups -OCH3 is 1. The van der Waals surface area contributed by atoms with Crippen LogP contribution in [0.1, 0.15) is 28.8 Å². The van der Waals surface area contributed by atoms with Crippen molar-refractivity contribution in [1.29, 1.82) is 0 Å². The topological polar surface area (TPSA) is 75.7 Å². The fourth-order valence-electron chi connectivity index (χ4n) is 2.83. The van der Waals surface area contributed by atoms with Crippen molar-refractivity contribution >= 4 is 16.0 Å². The highest BCUT2D eigenvalue weighted by Crippen LogP contribution is 2.28. The maximum Gasteiger partial charge on any atom is 0.339 e. The number of benzene rings is 1. The van der Waals surface area contributed by atoms with Gasteiger partial charge in [-0.1, -0.05) is 11.6 Å². The highest BCUT2D eigenvalue weighted by molar-refractivity contribution is 7.89. The van der Waals surface area contributed by atoms with Gasteiger partial charge in [0.2, 0.25) is 10.0 Å². The van der Waals surface area contributed by atoms with Crippen LogP contribution in [0.25, 0.3) is 0 Å². The molecule has 6 nitrogen and oxygen atoms in total. The van der Waals surface area contributed by atoms with Crippen LogP contribution < -0.4 is 5.32 Å². The first-order valence-electron chi connectivity index (χ1n) is 7.27. The van der Waals surface area contributed by atoms with Crippen molar-refractivity contribution in [2.24, 2.45) is 0 Å². The van der Waals surface area contributed by atoms with E-state index in [1.54, 1.807) is 19.2 Å². The summed E-state index contributed by atoms with van der Waals surface area (Å²) in [6.45, 7) is 2.88. The number of ether oxygens (including phenoxy) is 1. The Balaban J connectivity index is 2.47. The molecule has 122 valence electrons. The molecule has 1 aromatic rings. The van der Waals surface area contributed by atoms with Crippen molar-refractivity contribution in [2.45, 2.75) is 30.7 Å². The normalized spacial score (nSPS) is 19.3. The molecule has 2 rings (SSSR count). The molecule has 22 heavy (non-hydrogen) atoms. The van der Waals surface area contributed by atoms with Gasteiger partial charge in [0.15, 0.2) is 0 Å². The zero-order valence-electron chi connectivity index (χ0n) is 13.1. The first-order valence-corrected chi connectivity index (χ1v) is 8.71. The molecular weight excluding hydrogens is 304 g/mol. The number of esters is 1. The van der Waals surface area contributed by atoms with Crippen molar-refractivity contribution in [1.82, 2.24) is 9.62 Å². The van der Waals surface area contributed by atoms with Gasteiger partial charge in [-0.3, -0.25) is 0 Å². The third-order valence-electron chi connectivity index (χ3n) is 3.89. The van der Waals surface area contributed by atoms with E-state index in [-0.39, 0.29) is 16.5 Å². The van der Waals surface area contributed by atoms with E-state index < -0.39 is 16.0 Å². The molecule has 0 aliphatic carbocycles. The molecule has 1 fully saturated rings. The summed E-state index contributed by atoms with van der Waals surface area (Å²) in [4.78, 5) is 12.0. The van der Waals surface area contributed by atoms with Crippen molar-refractivity contribution in [3.05, 3.63) is 29.3 Å². The Morgan fingerprint density at radius 3 is 2.82 bits per heavy atom. The summed E-state index contributed by atoms with van der Waals surface area (Å²) in [5.41, 5.74) is 0.908. The Hall–Kier alpha value is -1.44. The summed E-state index contributed by atoms with van der Waals surface area (Å²) >= 11 is 0. The lowest BCUT2D eigenvalue weighted by Gasteiger charge is -2.24. The number of nitrogens with one attached hydrogen (secondary N) is 1. The molecular formula is C15H22N2O4S. The SMILES string of the molecule is CNCC1CCCN1S(=O)(=O)c1ccc(C)cc1C(=O)OC. The van der Waals surface area contributed by atoms with Gasteiger partial charge >= 0.3 is 5.97 Å². The van der Waals surface area contributed by atoms with Crippen LogP contribution in [0.2, 0.25) is 0 Å². The summed E-state index contributed by atoms with van der Waals surface area (Å²) in [5, 5.41) is 3.02. The van der Waals surface area contributed by atoms with Crippen LogP contribution in [0.4, 0.5) is 0 Å². The van der Waals surface area contributed by atoms with Gasteiger partial charge in [-0.15, -0.1) is 0 Å². The van der Waals surface area contributed by atoms with Gasteiger partial charge in [0.1, 0.15) is 0 Å². The van der Waals surface area contributed by atoms with E-state index in [0.29, 0.717) is 13.1 Å². The highest BCUT2D eigenvalue weighted by atomic mass is 32.2.